The smallest absolute Gasteiger partial charge is 0.193 e. The van der Waals surface area contributed by atoms with Crippen LogP contribution in [0.2, 0.25) is 0 Å². The molecule has 0 saturated carbocycles. The zero-order chi connectivity index (χ0) is 16.1. The molecule has 23 heavy (non-hydrogen) atoms. The number of piperidine rings is 1. The van der Waals surface area contributed by atoms with E-state index in [1.807, 2.05) is 32.1 Å². The fourth-order valence-electron chi connectivity index (χ4n) is 3.14. The number of guanidine groups is 1. The molecule has 1 aliphatic heterocycles. The highest BCUT2D eigenvalue weighted by atomic mass is 15.3. The molecule has 2 aromatic heterocycles. The average molecular weight is 315 g/mol. The van der Waals surface area contributed by atoms with Crippen molar-refractivity contribution in [1.82, 2.24) is 29.3 Å². The summed E-state index contributed by atoms with van der Waals surface area (Å²) in [4.78, 5) is 15.1. The molecule has 0 radical (unpaired) electrons. The summed E-state index contributed by atoms with van der Waals surface area (Å²) >= 11 is 0. The van der Waals surface area contributed by atoms with Crippen LogP contribution in [0.4, 0.5) is 0 Å². The molecule has 0 amide bonds. The predicted octanol–water partition coefficient (Wildman–Crippen LogP) is 1.24. The zero-order valence-corrected chi connectivity index (χ0v) is 13.8. The monoisotopic (exact) mass is 315 g/mol. The minimum atomic E-state index is 0.443. The number of hydrogen-bond donors (Lipinski definition) is 1. The van der Waals surface area contributed by atoms with E-state index in [-0.39, 0.29) is 0 Å². The fraction of sp³-hybridized carbons (Fsp3) is 0.562. The lowest BCUT2D eigenvalue weighted by molar-refractivity contribution is 0.189. The number of hydrogen-bond acceptors (Lipinski definition) is 3. The maximum absolute atomic E-state index is 4.45. The molecule has 3 rings (SSSR count). The summed E-state index contributed by atoms with van der Waals surface area (Å²) in [6.45, 7) is 6.04. The molecule has 0 spiro atoms. The molecule has 2 unspecified atom stereocenters. The third-order valence-electron chi connectivity index (χ3n) is 4.55. The Balaban J connectivity index is 1.57. The molecule has 2 atom stereocenters. The summed E-state index contributed by atoms with van der Waals surface area (Å²) < 4.78 is 4.28. The van der Waals surface area contributed by atoms with E-state index in [2.05, 4.69) is 47.4 Å². The van der Waals surface area contributed by atoms with E-state index in [0.29, 0.717) is 12.0 Å². The van der Waals surface area contributed by atoms with Crippen molar-refractivity contribution in [3.05, 3.63) is 37.4 Å². The minimum absolute atomic E-state index is 0.443. The van der Waals surface area contributed by atoms with Crippen LogP contribution in [0.25, 0.3) is 0 Å². The van der Waals surface area contributed by atoms with Crippen LogP contribution in [-0.4, -0.2) is 56.6 Å². The summed E-state index contributed by atoms with van der Waals surface area (Å²) in [5, 5.41) is 3.46. The highest BCUT2D eigenvalue weighted by Gasteiger charge is 2.28. The summed E-state index contributed by atoms with van der Waals surface area (Å²) in [7, 11) is 1.85. The summed E-state index contributed by atoms with van der Waals surface area (Å²) in [5.41, 5.74) is 0. The Labute approximate surface area is 137 Å². The molecule has 0 bridgehead atoms. The molecule has 7 nitrogen and oxygen atoms in total. The van der Waals surface area contributed by atoms with E-state index >= 15 is 0 Å². The van der Waals surface area contributed by atoms with Gasteiger partial charge in [0, 0.05) is 58.0 Å². The van der Waals surface area contributed by atoms with Crippen LogP contribution in [0.1, 0.15) is 19.4 Å². The standard InChI is InChI=1S/C16H25N7/c1-14-3-7-22(11-15(14)23-10-5-19-13-23)16(17-2)20-6-9-21-8-4-18-12-21/h4-5,8,10,12-15H,3,6-7,9,11H2,1-2H3,(H,17,20). The molecular formula is C16H25N7. The van der Waals surface area contributed by atoms with Crippen molar-refractivity contribution < 1.29 is 0 Å². The maximum Gasteiger partial charge on any atom is 0.193 e. The molecule has 1 fully saturated rings. The second-order valence-electron chi connectivity index (χ2n) is 6.06. The van der Waals surface area contributed by atoms with Crippen LogP contribution in [0, 0.1) is 5.92 Å². The minimum Gasteiger partial charge on any atom is -0.354 e. The number of aliphatic imine (C=N–C) groups is 1. The summed E-state index contributed by atoms with van der Waals surface area (Å²) in [5.74, 6) is 1.62. The lowest BCUT2D eigenvalue weighted by Crippen LogP contribution is -2.49. The highest BCUT2D eigenvalue weighted by Crippen LogP contribution is 2.27. The van der Waals surface area contributed by atoms with Gasteiger partial charge in [0.25, 0.3) is 0 Å². The van der Waals surface area contributed by atoms with Gasteiger partial charge >= 0.3 is 0 Å². The van der Waals surface area contributed by atoms with Gasteiger partial charge in [-0.05, 0) is 12.3 Å². The Bertz CT molecular complexity index is 602. The van der Waals surface area contributed by atoms with Crippen molar-refractivity contribution in [2.45, 2.75) is 25.9 Å². The van der Waals surface area contributed by atoms with E-state index in [4.69, 9.17) is 0 Å². The van der Waals surface area contributed by atoms with Crippen LogP contribution in [0.15, 0.2) is 42.4 Å². The van der Waals surface area contributed by atoms with Crippen LogP contribution in [0.5, 0.6) is 0 Å². The molecule has 124 valence electrons. The lowest BCUT2D eigenvalue weighted by atomic mass is 9.93. The molecule has 7 heteroatoms. The van der Waals surface area contributed by atoms with Crippen LogP contribution in [-0.2, 0) is 6.54 Å². The second-order valence-corrected chi connectivity index (χ2v) is 6.06. The fourth-order valence-corrected chi connectivity index (χ4v) is 3.14. The summed E-state index contributed by atoms with van der Waals surface area (Å²) in [6, 6.07) is 0.443. The van der Waals surface area contributed by atoms with Gasteiger partial charge in [-0.25, -0.2) is 9.97 Å². The van der Waals surface area contributed by atoms with Crippen LogP contribution < -0.4 is 5.32 Å². The van der Waals surface area contributed by atoms with Crippen molar-refractivity contribution in [2.75, 3.05) is 26.7 Å². The Morgan fingerprint density at radius 1 is 1.26 bits per heavy atom. The number of imidazole rings is 2. The number of aromatic nitrogens is 4. The Morgan fingerprint density at radius 3 is 2.78 bits per heavy atom. The van der Waals surface area contributed by atoms with Crippen molar-refractivity contribution in [3.63, 3.8) is 0 Å². The van der Waals surface area contributed by atoms with E-state index < -0.39 is 0 Å². The molecule has 0 aliphatic carbocycles. The predicted molar refractivity (Wildman–Crippen MR) is 90.2 cm³/mol. The molecular weight excluding hydrogens is 290 g/mol. The Morgan fingerprint density at radius 2 is 2.09 bits per heavy atom. The number of rotatable bonds is 4. The quantitative estimate of drug-likeness (QED) is 0.681. The summed E-state index contributed by atoms with van der Waals surface area (Å²) in [6.07, 6.45) is 12.6. The van der Waals surface area contributed by atoms with E-state index in [1.165, 1.54) is 0 Å². The van der Waals surface area contributed by atoms with Crippen molar-refractivity contribution in [3.8, 4) is 0 Å². The van der Waals surface area contributed by atoms with Gasteiger partial charge < -0.3 is 19.4 Å². The number of nitrogens with one attached hydrogen (secondary N) is 1. The highest BCUT2D eigenvalue weighted by molar-refractivity contribution is 5.80. The van der Waals surface area contributed by atoms with Gasteiger partial charge in [0.1, 0.15) is 0 Å². The number of likely N-dealkylation sites (tertiary alicyclic amines) is 1. The molecule has 1 aliphatic rings. The lowest BCUT2D eigenvalue weighted by Gasteiger charge is -2.39. The first-order chi connectivity index (χ1) is 11.3. The van der Waals surface area contributed by atoms with E-state index in [9.17, 15) is 0 Å². The van der Waals surface area contributed by atoms with Gasteiger partial charge in [-0.1, -0.05) is 6.92 Å². The SMILES string of the molecule is CN=C(NCCn1ccnc1)N1CCC(C)C(n2ccnc2)C1. The topological polar surface area (TPSA) is 63.3 Å². The van der Waals surface area contributed by atoms with Gasteiger partial charge in [0.2, 0.25) is 0 Å². The first kappa shape index (κ1) is 15.6. The van der Waals surface area contributed by atoms with Gasteiger partial charge in [-0.3, -0.25) is 4.99 Å². The molecule has 1 saturated heterocycles. The Kier molecular flexibility index (Phi) is 4.95. The van der Waals surface area contributed by atoms with Crippen molar-refractivity contribution >= 4 is 5.96 Å². The van der Waals surface area contributed by atoms with E-state index in [1.54, 1.807) is 6.20 Å². The molecule has 1 N–H and O–H groups in total. The van der Waals surface area contributed by atoms with Gasteiger partial charge in [0.05, 0.1) is 18.7 Å². The third-order valence-corrected chi connectivity index (χ3v) is 4.55. The first-order valence-electron chi connectivity index (χ1n) is 8.16. The van der Waals surface area contributed by atoms with Crippen LogP contribution >= 0.6 is 0 Å². The Hall–Kier alpha value is -2.31. The van der Waals surface area contributed by atoms with Crippen molar-refractivity contribution in [1.29, 1.82) is 0 Å². The van der Waals surface area contributed by atoms with Gasteiger partial charge in [-0.15, -0.1) is 0 Å². The molecule has 3 heterocycles. The second kappa shape index (κ2) is 7.30. The number of nitrogens with zero attached hydrogens (tertiary/aromatic N) is 6. The van der Waals surface area contributed by atoms with Gasteiger partial charge in [-0.2, -0.15) is 0 Å². The first-order valence-corrected chi connectivity index (χ1v) is 8.16. The van der Waals surface area contributed by atoms with Crippen LogP contribution in [0.3, 0.4) is 0 Å². The average Bonchev–Trinajstić information content (AvgIpc) is 3.26. The van der Waals surface area contributed by atoms with E-state index in [0.717, 1.165) is 38.6 Å². The largest absolute Gasteiger partial charge is 0.354 e. The van der Waals surface area contributed by atoms with Crippen molar-refractivity contribution in [2.24, 2.45) is 10.9 Å². The zero-order valence-electron chi connectivity index (χ0n) is 13.8. The molecule has 2 aromatic rings. The third kappa shape index (κ3) is 3.72. The normalized spacial score (nSPS) is 22.3. The molecule has 0 aromatic carbocycles. The van der Waals surface area contributed by atoms with Gasteiger partial charge in [0.15, 0.2) is 5.96 Å². The maximum atomic E-state index is 4.45.